The lowest BCUT2D eigenvalue weighted by molar-refractivity contribution is -0.115. The molecule has 10 heavy (non-hydrogen) atoms. The molecule has 0 saturated heterocycles. The molecule has 2 heteroatoms. The van der Waals surface area contributed by atoms with Crippen LogP contribution >= 0.6 is 11.6 Å². The van der Waals surface area contributed by atoms with E-state index in [1.165, 1.54) is 6.08 Å². The molecule has 0 amide bonds. The molecule has 0 heterocycles. The monoisotopic (exact) mass is 160 g/mol. The van der Waals surface area contributed by atoms with E-state index in [1.54, 1.807) is 0 Å². The first-order valence-corrected chi connectivity index (χ1v) is 4.06. The molecule has 0 N–H and O–H groups in total. The lowest BCUT2D eigenvalue weighted by atomic mass is 10.1. The van der Waals surface area contributed by atoms with Gasteiger partial charge in [0.15, 0.2) is 5.78 Å². The van der Waals surface area contributed by atoms with Gasteiger partial charge in [0.25, 0.3) is 0 Å². The van der Waals surface area contributed by atoms with Crippen LogP contribution in [0.1, 0.15) is 33.1 Å². The van der Waals surface area contributed by atoms with Crippen molar-refractivity contribution in [3.8, 4) is 0 Å². The highest BCUT2D eigenvalue weighted by atomic mass is 35.5. The summed E-state index contributed by atoms with van der Waals surface area (Å²) in [4.78, 5) is 10.5. The largest absolute Gasteiger partial charge is 0.295 e. The molecule has 1 rings (SSSR count). The van der Waals surface area contributed by atoms with Gasteiger partial charge in [-0.1, -0.05) is 25.4 Å². The van der Waals surface area contributed by atoms with Crippen molar-refractivity contribution in [3.63, 3.8) is 0 Å². The lowest BCUT2D eigenvalue weighted by Gasteiger charge is -2.02. The van der Waals surface area contributed by atoms with Crippen LogP contribution in [0.25, 0.3) is 0 Å². The van der Waals surface area contributed by atoms with Crippen LogP contribution in [0.4, 0.5) is 0 Å². The van der Waals surface area contributed by atoms with Gasteiger partial charge in [-0.05, 0) is 18.9 Å². The molecule has 1 aliphatic carbocycles. The summed E-state index contributed by atoms with van der Waals surface area (Å²) in [6, 6.07) is 0. The molecule has 1 aliphatic rings. The second-order valence-corrected chi connectivity index (χ2v) is 2.40. The van der Waals surface area contributed by atoms with E-state index >= 15 is 0 Å². The van der Waals surface area contributed by atoms with Crippen LogP contribution in [0.2, 0.25) is 0 Å². The Morgan fingerprint density at radius 1 is 1.40 bits per heavy atom. The van der Waals surface area contributed by atoms with E-state index in [4.69, 9.17) is 11.6 Å². The van der Waals surface area contributed by atoms with Gasteiger partial charge in [-0.2, -0.15) is 0 Å². The number of allylic oxidation sites excluding steroid dienone is 2. The Morgan fingerprint density at radius 2 is 2.00 bits per heavy atom. The van der Waals surface area contributed by atoms with Gasteiger partial charge in [-0.15, -0.1) is 0 Å². The molecule has 1 nitrogen and oxygen atoms in total. The second kappa shape index (κ2) is 5.48. The van der Waals surface area contributed by atoms with Crippen LogP contribution in [0.15, 0.2) is 11.1 Å². The molecule has 0 bridgehead atoms. The normalized spacial score (nSPS) is 17.1. The van der Waals surface area contributed by atoms with Gasteiger partial charge in [-0.25, -0.2) is 0 Å². The number of carbonyl (C=O) groups is 1. The highest BCUT2D eigenvalue weighted by Crippen LogP contribution is 2.17. The number of carbonyl (C=O) groups excluding carboxylic acids is 1. The summed E-state index contributed by atoms with van der Waals surface area (Å²) in [5.41, 5.74) is 0. The zero-order valence-electron chi connectivity index (χ0n) is 6.48. The Kier molecular flexibility index (Phi) is 5.32. The third kappa shape index (κ3) is 3.67. The van der Waals surface area contributed by atoms with Crippen LogP contribution < -0.4 is 0 Å². The summed E-state index contributed by atoms with van der Waals surface area (Å²) < 4.78 is 0. The first-order valence-electron chi connectivity index (χ1n) is 3.68. The zero-order chi connectivity index (χ0) is 7.98. The van der Waals surface area contributed by atoms with Crippen LogP contribution in [-0.2, 0) is 4.79 Å². The maximum absolute atomic E-state index is 10.5. The number of halogens is 1. The maximum Gasteiger partial charge on any atom is 0.156 e. The summed E-state index contributed by atoms with van der Waals surface area (Å²) in [6.07, 6.45) is 4.00. The van der Waals surface area contributed by atoms with Crippen molar-refractivity contribution in [1.29, 1.82) is 0 Å². The number of hydrogen-bond donors (Lipinski definition) is 0. The summed E-state index contributed by atoms with van der Waals surface area (Å²) in [5.74, 6) is 0.168. The fourth-order valence-electron chi connectivity index (χ4n) is 0.751. The van der Waals surface area contributed by atoms with Crippen molar-refractivity contribution in [1.82, 2.24) is 0 Å². The van der Waals surface area contributed by atoms with E-state index < -0.39 is 0 Å². The lowest BCUT2D eigenvalue weighted by Crippen LogP contribution is -1.98. The van der Waals surface area contributed by atoms with Crippen LogP contribution in [-0.4, -0.2) is 5.78 Å². The Bertz CT molecular complexity index is 138. The van der Waals surface area contributed by atoms with Crippen molar-refractivity contribution >= 4 is 17.4 Å². The maximum atomic E-state index is 10.5. The van der Waals surface area contributed by atoms with Gasteiger partial charge >= 0.3 is 0 Å². The van der Waals surface area contributed by atoms with E-state index in [1.807, 2.05) is 13.8 Å². The van der Waals surface area contributed by atoms with Crippen LogP contribution in [0.3, 0.4) is 0 Å². The van der Waals surface area contributed by atoms with E-state index in [2.05, 4.69) is 0 Å². The van der Waals surface area contributed by atoms with Crippen molar-refractivity contribution < 1.29 is 4.79 Å². The van der Waals surface area contributed by atoms with E-state index in [0.717, 1.165) is 12.8 Å². The molecular formula is C8H13ClO. The highest BCUT2D eigenvalue weighted by Gasteiger charge is 2.06. The van der Waals surface area contributed by atoms with Gasteiger partial charge in [0.1, 0.15) is 0 Å². The fraction of sp³-hybridized carbons (Fsp3) is 0.625. The minimum Gasteiger partial charge on any atom is -0.295 e. The molecule has 0 aromatic carbocycles. The second-order valence-electron chi connectivity index (χ2n) is 1.91. The number of ketones is 1. The Labute approximate surface area is 67.1 Å². The van der Waals surface area contributed by atoms with Crippen molar-refractivity contribution in [2.45, 2.75) is 33.1 Å². The first kappa shape index (κ1) is 9.70. The summed E-state index contributed by atoms with van der Waals surface area (Å²) in [7, 11) is 0. The van der Waals surface area contributed by atoms with Gasteiger partial charge in [-0.3, -0.25) is 4.79 Å². The molecule has 0 aromatic heterocycles. The molecule has 0 unspecified atom stereocenters. The molecule has 0 atom stereocenters. The summed E-state index contributed by atoms with van der Waals surface area (Å²) in [6.45, 7) is 4.00. The zero-order valence-corrected chi connectivity index (χ0v) is 7.24. The average molecular weight is 161 g/mol. The predicted octanol–water partition coefficient (Wildman–Crippen LogP) is 2.89. The molecule has 0 aromatic rings. The molecule has 0 spiro atoms. The smallest absolute Gasteiger partial charge is 0.156 e. The molecule has 0 radical (unpaired) electrons. The SMILES string of the molecule is CC.O=C1C=C(Cl)CCC1. The van der Waals surface area contributed by atoms with Gasteiger partial charge < -0.3 is 0 Å². The van der Waals surface area contributed by atoms with E-state index in [9.17, 15) is 4.79 Å². The molecule has 58 valence electrons. The number of hydrogen-bond acceptors (Lipinski definition) is 1. The van der Waals surface area contributed by atoms with Gasteiger partial charge in [0, 0.05) is 11.5 Å². The molecule has 0 aliphatic heterocycles. The van der Waals surface area contributed by atoms with E-state index in [0.29, 0.717) is 11.5 Å². The Balaban J connectivity index is 0.000000371. The van der Waals surface area contributed by atoms with Crippen LogP contribution in [0, 0.1) is 0 Å². The summed E-state index contributed by atoms with van der Waals surface area (Å²) >= 11 is 5.55. The molecule has 0 saturated carbocycles. The molecular weight excluding hydrogens is 148 g/mol. The van der Waals surface area contributed by atoms with Crippen molar-refractivity contribution in [3.05, 3.63) is 11.1 Å². The fourth-order valence-corrected chi connectivity index (χ4v) is 1.01. The minimum atomic E-state index is 0.168. The summed E-state index contributed by atoms with van der Waals surface area (Å²) in [5, 5.41) is 0.709. The number of rotatable bonds is 0. The topological polar surface area (TPSA) is 17.1 Å². The first-order chi connectivity index (χ1) is 4.79. The Hall–Kier alpha value is -0.300. The van der Waals surface area contributed by atoms with Crippen molar-refractivity contribution in [2.75, 3.05) is 0 Å². The van der Waals surface area contributed by atoms with E-state index in [-0.39, 0.29) is 5.78 Å². The minimum absolute atomic E-state index is 0.168. The van der Waals surface area contributed by atoms with Gasteiger partial charge in [0.2, 0.25) is 0 Å². The standard InChI is InChI=1S/C6H7ClO.C2H6/c7-5-2-1-3-6(8)4-5;1-2/h4H,1-3H2;1-2H3. The quantitative estimate of drug-likeness (QED) is 0.533. The van der Waals surface area contributed by atoms with Crippen molar-refractivity contribution in [2.24, 2.45) is 0 Å². The third-order valence-electron chi connectivity index (χ3n) is 1.16. The third-order valence-corrected chi connectivity index (χ3v) is 1.45. The van der Waals surface area contributed by atoms with Crippen LogP contribution in [0.5, 0.6) is 0 Å². The highest BCUT2D eigenvalue weighted by molar-refractivity contribution is 6.31. The average Bonchev–Trinajstić information content (AvgIpc) is 1.91. The van der Waals surface area contributed by atoms with Gasteiger partial charge in [0.05, 0.1) is 0 Å². The Morgan fingerprint density at radius 3 is 2.30 bits per heavy atom. The molecule has 0 fully saturated rings. The predicted molar refractivity (Wildman–Crippen MR) is 44.1 cm³/mol.